The molecule has 0 aromatic heterocycles. The molecule has 1 saturated heterocycles. The Balaban J connectivity index is 1.61. The SMILES string of the molecule is CN1CCCC[C@H]1[C@@H](NC(=O)c1cccc(C(F)(F)F)c1Cl)c1cccc(OCc2ccccc2)c1. The summed E-state index contributed by atoms with van der Waals surface area (Å²) in [6.07, 6.45) is -1.77. The molecule has 2 atom stereocenters. The molecule has 8 heteroatoms. The summed E-state index contributed by atoms with van der Waals surface area (Å²) in [5, 5.41) is 2.38. The molecule has 36 heavy (non-hydrogen) atoms. The highest BCUT2D eigenvalue weighted by Gasteiger charge is 2.36. The number of amides is 1. The van der Waals surface area contributed by atoms with Gasteiger partial charge >= 0.3 is 6.18 Å². The van der Waals surface area contributed by atoms with Crippen molar-refractivity contribution in [3.05, 3.63) is 100 Å². The first-order valence-electron chi connectivity index (χ1n) is 11.9. The molecule has 4 nitrogen and oxygen atoms in total. The molecular weight excluding hydrogens is 489 g/mol. The molecule has 4 rings (SSSR count). The van der Waals surface area contributed by atoms with Crippen LogP contribution >= 0.6 is 11.6 Å². The Kier molecular flexibility index (Phi) is 8.21. The Morgan fingerprint density at radius 3 is 2.56 bits per heavy atom. The van der Waals surface area contributed by atoms with E-state index in [1.807, 2.05) is 61.6 Å². The van der Waals surface area contributed by atoms with Crippen molar-refractivity contribution in [1.29, 1.82) is 0 Å². The van der Waals surface area contributed by atoms with Gasteiger partial charge in [-0.3, -0.25) is 4.79 Å². The molecule has 3 aromatic carbocycles. The van der Waals surface area contributed by atoms with Crippen LogP contribution in [-0.4, -0.2) is 30.4 Å². The standard InChI is InChI=1S/C28H28ClF3N2O2/c1-34-16-6-5-15-24(34)26(33-27(35)22-13-8-14-23(25(22)29)28(30,31)32)20-11-7-12-21(17-20)36-18-19-9-3-2-4-10-19/h2-4,7-14,17,24,26H,5-6,15-16,18H2,1H3,(H,33,35)/t24-,26-/m0/s1. The van der Waals surface area contributed by atoms with Crippen molar-refractivity contribution < 1.29 is 22.7 Å². The summed E-state index contributed by atoms with van der Waals surface area (Å²) in [6, 6.07) is 20.1. The van der Waals surface area contributed by atoms with Crippen molar-refractivity contribution in [3.8, 4) is 5.75 Å². The van der Waals surface area contributed by atoms with Gasteiger partial charge in [-0.25, -0.2) is 0 Å². The molecule has 0 aliphatic carbocycles. The van der Waals surface area contributed by atoms with Crippen LogP contribution in [0.1, 0.15) is 52.4 Å². The number of nitrogens with one attached hydrogen (secondary N) is 1. The van der Waals surface area contributed by atoms with Gasteiger partial charge in [0, 0.05) is 6.04 Å². The van der Waals surface area contributed by atoms with Crippen LogP contribution in [0, 0.1) is 0 Å². The van der Waals surface area contributed by atoms with Crippen molar-refractivity contribution in [2.75, 3.05) is 13.6 Å². The average molecular weight is 517 g/mol. The summed E-state index contributed by atoms with van der Waals surface area (Å²) in [5.41, 5.74) is 0.612. The van der Waals surface area contributed by atoms with Crippen molar-refractivity contribution in [1.82, 2.24) is 10.2 Å². The first-order chi connectivity index (χ1) is 17.2. The third-order valence-electron chi connectivity index (χ3n) is 6.51. The number of halogens is 4. The van der Waals surface area contributed by atoms with E-state index in [1.54, 1.807) is 0 Å². The Morgan fingerprint density at radius 2 is 1.83 bits per heavy atom. The Morgan fingerprint density at radius 1 is 1.08 bits per heavy atom. The molecule has 1 aliphatic heterocycles. The number of carbonyl (C=O) groups is 1. The Labute approximate surface area is 214 Å². The Hall–Kier alpha value is -3.03. The highest BCUT2D eigenvalue weighted by Crippen LogP contribution is 2.37. The smallest absolute Gasteiger partial charge is 0.417 e. The summed E-state index contributed by atoms with van der Waals surface area (Å²) in [7, 11) is 2.00. The minimum absolute atomic E-state index is 0.0309. The highest BCUT2D eigenvalue weighted by molar-refractivity contribution is 6.34. The fourth-order valence-electron chi connectivity index (χ4n) is 4.61. The van der Waals surface area contributed by atoms with E-state index in [4.69, 9.17) is 16.3 Å². The van der Waals surface area contributed by atoms with E-state index in [2.05, 4.69) is 10.2 Å². The van der Waals surface area contributed by atoms with Crippen molar-refractivity contribution in [3.63, 3.8) is 0 Å². The van der Waals surface area contributed by atoms with Gasteiger partial charge in [-0.05, 0) is 61.8 Å². The summed E-state index contributed by atoms with van der Waals surface area (Å²) >= 11 is 6.05. The number of rotatable bonds is 7. The molecule has 0 bridgehead atoms. The molecule has 1 amide bonds. The van der Waals surface area contributed by atoms with Crippen LogP contribution in [0.4, 0.5) is 13.2 Å². The summed E-state index contributed by atoms with van der Waals surface area (Å²) < 4.78 is 46.1. The lowest BCUT2D eigenvalue weighted by molar-refractivity contribution is -0.137. The molecule has 0 spiro atoms. The minimum atomic E-state index is -4.65. The monoisotopic (exact) mass is 516 g/mol. The van der Waals surface area contributed by atoms with Crippen LogP contribution in [0.25, 0.3) is 0 Å². The second-order valence-corrected chi connectivity index (χ2v) is 9.38. The normalized spacial score (nSPS) is 17.4. The Bertz CT molecular complexity index is 1190. The topological polar surface area (TPSA) is 41.6 Å². The lowest BCUT2D eigenvalue weighted by atomic mass is 9.90. The quantitative estimate of drug-likeness (QED) is 0.371. The molecule has 0 saturated carbocycles. The van der Waals surface area contributed by atoms with Gasteiger partial charge in [-0.15, -0.1) is 0 Å². The third kappa shape index (κ3) is 6.20. The van der Waals surface area contributed by atoms with Crippen LogP contribution < -0.4 is 10.1 Å². The molecule has 190 valence electrons. The van der Waals surface area contributed by atoms with E-state index < -0.39 is 28.7 Å². The summed E-state index contributed by atoms with van der Waals surface area (Å²) in [6.45, 7) is 1.26. The number of nitrogens with zero attached hydrogens (tertiary/aromatic N) is 1. The zero-order valence-electron chi connectivity index (χ0n) is 19.9. The minimum Gasteiger partial charge on any atom is -0.489 e. The van der Waals surface area contributed by atoms with Crippen LogP contribution in [0.2, 0.25) is 5.02 Å². The predicted octanol–water partition coefficient (Wildman–Crippen LogP) is 6.89. The molecule has 1 aliphatic rings. The molecule has 0 radical (unpaired) electrons. The van der Waals surface area contributed by atoms with E-state index in [0.717, 1.165) is 43.0 Å². The zero-order chi connectivity index (χ0) is 25.7. The van der Waals surface area contributed by atoms with Crippen LogP contribution in [-0.2, 0) is 12.8 Å². The molecule has 3 aromatic rings. The largest absolute Gasteiger partial charge is 0.489 e. The third-order valence-corrected chi connectivity index (χ3v) is 6.92. The number of ether oxygens (including phenoxy) is 1. The predicted molar refractivity (Wildman–Crippen MR) is 134 cm³/mol. The van der Waals surface area contributed by atoms with Crippen LogP contribution in [0.5, 0.6) is 5.75 Å². The number of likely N-dealkylation sites (N-methyl/N-ethyl adjacent to an activating group) is 1. The lowest BCUT2D eigenvalue weighted by Gasteiger charge is -2.38. The van der Waals surface area contributed by atoms with Gasteiger partial charge in [0.05, 0.1) is 22.2 Å². The molecule has 1 fully saturated rings. The highest BCUT2D eigenvalue weighted by atomic mass is 35.5. The number of hydrogen-bond donors (Lipinski definition) is 1. The number of carbonyl (C=O) groups excluding carboxylic acids is 1. The first kappa shape index (κ1) is 26.0. The number of likely N-dealkylation sites (tertiary alicyclic amines) is 1. The number of alkyl halides is 3. The number of piperidine rings is 1. The molecule has 1 heterocycles. The van der Waals surface area contributed by atoms with Gasteiger partial charge in [-0.1, -0.05) is 66.6 Å². The van der Waals surface area contributed by atoms with Crippen molar-refractivity contribution >= 4 is 17.5 Å². The molecule has 0 unspecified atom stereocenters. The van der Waals surface area contributed by atoms with Crippen LogP contribution in [0.15, 0.2) is 72.8 Å². The van der Waals surface area contributed by atoms with E-state index in [1.165, 1.54) is 12.1 Å². The fourth-order valence-corrected chi connectivity index (χ4v) is 4.93. The molecular formula is C28H28ClF3N2O2. The maximum Gasteiger partial charge on any atom is 0.417 e. The maximum absolute atomic E-state index is 13.4. The van der Waals surface area contributed by atoms with Gasteiger partial charge in [0.15, 0.2) is 0 Å². The lowest BCUT2D eigenvalue weighted by Crippen LogP contribution is -2.47. The first-order valence-corrected chi connectivity index (χ1v) is 12.3. The van der Waals surface area contributed by atoms with Gasteiger partial charge < -0.3 is 15.0 Å². The van der Waals surface area contributed by atoms with Crippen molar-refractivity contribution in [2.45, 2.75) is 44.1 Å². The van der Waals surface area contributed by atoms with Gasteiger partial charge in [0.25, 0.3) is 5.91 Å². The number of benzene rings is 3. The van der Waals surface area contributed by atoms with Crippen LogP contribution in [0.3, 0.4) is 0 Å². The second kappa shape index (κ2) is 11.4. The van der Waals surface area contributed by atoms with Gasteiger partial charge in [0.2, 0.25) is 0 Å². The van der Waals surface area contributed by atoms with Gasteiger partial charge in [0.1, 0.15) is 12.4 Å². The second-order valence-electron chi connectivity index (χ2n) is 9.01. The maximum atomic E-state index is 13.4. The number of hydrogen-bond acceptors (Lipinski definition) is 3. The summed E-state index contributed by atoms with van der Waals surface area (Å²) in [5.74, 6) is -0.00292. The fraction of sp³-hybridized carbons (Fsp3) is 0.321. The van der Waals surface area contributed by atoms with Crippen molar-refractivity contribution in [2.24, 2.45) is 0 Å². The van der Waals surface area contributed by atoms with E-state index >= 15 is 0 Å². The van der Waals surface area contributed by atoms with E-state index in [0.29, 0.717) is 12.4 Å². The van der Waals surface area contributed by atoms with E-state index in [-0.39, 0.29) is 11.6 Å². The van der Waals surface area contributed by atoms with Gasteiger partial charge in [-0.2, -0.15) is 13.2 Å². The summed E-state index contributed by atoms with van der Waals surface area (Å²) in [4.78, 5) is 15.4. The average Bonchev–Trinajstić information content (AvgIpc) is 2.87. The molecule has 1 N–H and O–H groups in total. The zero-order valence-corrected chi connectivity index (χ0v) is 20.6. The van der Waals surface area contributed by atoms with E-state index in [9.17, 15) is 18.0 Å².